The van der Waals surface area contributed by atoms with Gasteiger partial charge in [0.05, 0.1) is 31.9 Å². The van der Waals surface area contributed by atoms with Gasteiger partial charge in [0.25, 0.3) is 0 Å². The Labute approximate surface area is 153 Å². The van der Waals surface area contributed by atoms with Crippen LogP contribution in [0, 0.1) is 0 Å². The molecule has 2 aromatic rings. The molecule has 1 amide bonds. The summed E-state index contributed by atoms with van der Waals surface area (Å²) >= 11 is 0. The van der Waals surface area contributed by atoms with Crippen molar-refractivity contribution in [3.8, 4) is 11.5 Å². The van der Waals surface area contributed by atoms with Gasteiger partial charge in [-0.2, -0.15) is 0 Å². The molecular formula is C18H22N2O5S. The number of carbonyl (C=O) groups is 1. The second-order valence-corrected chi connectivity index (χ2v) is 7.49. The Morgan fingerprint density at radius 2 is 1.73 bits per heavy atom. The van der Waals surface area contributed by atoms with Crippen molar-refractivity contribution in [2.75, 3.05) is 30.1 Å². The quantitative estimate of drug-likeness (QED) is 0.800. The molecular weight excluding hydrogens is 356 g/mol. The molecule has 0 radical (unpaired) electrons. The van der Waals surface area contributed by atoms with Crippen LogP contribution in [0.4, 0.5) is 11.4 Å². The maximum Gasteiger partial charge on any atom is 0.248 e. The van der Waals surface area contributed by atoms with E-state index in [0.29, 0.717) is 22.9 Å². The first-order valence-electron chi connectivity index (χ1n) is 7.85. The van der Waals surface area contributed by atoms with Crippen LogP contribution in [-0.2, 0) is 14.8 Å². The van der Waals surface area contributed by atoms with Crippen LogP contribution in [0.3, 0.4) is 0 Å². The third-order valence-corrected chi connectivity index (χ3v) is 5.01. The summed E-state index contributed by atoms with van der Waals surface area (Å²) in [6.45, 7) is 1.52. The van der Waals surface area contributed by atoms with E-state index in [0.717, 1.165) is 10.6 Å². The Morgan fingerprint density at radius 3 is 2.27 bits per heavy atom. The molecule has 1 atom stereocenters. The van der Waals surface area contributed by atoms with Crippen molar-refractivity contribution in [2.24, 2.45) is 0 Å². The lowest BCUT2D eigenvalue weighted by Crippen LogP contribution is -2.45. The number of rotatable bonds is 7. The van der Waals surface area contributed by atoms with Crippen LogP contribution in [0.15, 0.2) is 48.5 Å². The number of sulfonamides is 1. The van der Waals surface area contributed by atoms with Crippen LogP contribution in [0.25, 0.3) is 0 Å². The molecule has 0 saturated heterocycles. The first kappa shape index (κ1) is 19.6. The number of nitrogens with zero attached hydrogens (tertiary/aromatic N) is 1. The van der Waals surface area contributed by atoms with E-state index in [4.69, 9.17) is 9.47 Å². The Balaban J connectivity index is 2.33. The average molecular weight is 378 g/mol. The minimum Gasteiger partial charge on any atom is -0.497 e. The third kappa shape index (κ3) is 4.45. The first-order valence-corrected chi connectivity index (χ1v) is 9.70. The monoisotopic (exact) mass is 378 g/mol. The third-order valence-electron chi connectivity index (χ3n) is 3.76. The number of ether oxygens (including phenoxy) is 2. The van der Waals surface area contributed by atoms with Crippen molar-refractivity contribution in [2.45, 2.75) is 13.0 Å². The number of nitrogens with one attached hydrogen (secondary N) is 1. The van der Waals surface area contributed by atoms with Gasteiger partial charge in [-0.3, -0.25) is 9.10 Å². The molecule has 0 heterocycles. The Kier molecular flexibility index (Phi) is 6.10. The maximum absolute atomic E-state index is 12.7. The highest BCUT2D eigenvalue weighted by atomic mass is 32.2. The molecule has 2 aromatic carbocycles. The fraction of sp³-hybridized carbons (Fsp3) is 0.278. The summed E-state index contributed by atoms with van der Waals surface area (Å²) in [6, 6.07) is 12.5. The van der Waals surface area contributed by atoms with Crippen molar-refractivity contribution in [3.63, 3.8) is 0 Å². The van der Waals surface area contributed by atoms with E-state index in [1.807, 2.05) is 0 Å². The molecule has 140 valence electrons. The lowest BCUT2D eigenvalue weighted by molar-refractivity contribution is -0.116. The van der Waals surface area contributed by atoms with Crippen molar-refractivity contribution in [1.29, 1.82) is 0 Å². The van der Waals surface area contributed by atoms with E-state index in [-0.39, 0.29) is 0 Å². The van der Waals surface area contributed by atoms with E-state index in [2.05, 4.69) is 5.32 Å². The van der Waals surface area contributed by atoms with Crippen molar-refractivity contribution in [1.82, 2.24) is 0 Å². The summed E-state index contributed by atoms with van der Waals surface area (Å²) in [4.78, 5) is 12.7. The van der Waals surface area contributed by atoms with Gasteiger partial charge in [0.2, 0.25) is 15.9 Å². The smallest absolute Gasteiger partial charge is 0.248 e. The molecule has 0 fully saturated rings. The van der Waals surface area contributed by atoms with E-state index in [1.165, 1.54) is 21.1 Å². The molecule has 2 rings (SSSR count). The lowest BCUT2D eigenvalue weighted by Gasteiger charge is -2.28. The van der Waals surface area contributed by atoms with Gasteiger partial charge in [0, 0.05) is 6.07 Å². The number of para-hydroxylation sites is 1. The van der Waals surface area contributed by atoms with Gasteiger partial charge in [-0.25, -0.2) is 8.42 Å². The largest absolute Gasteiger partial charge is 0.497 e. The number of amides is 1. The summed E-state index contributed by atoms with van der Waals surface area (Å²) in [7, 11) is -0.676. The SMILES string of the molecule is COc1ccc(OC)c(NC(=O)[C@@H](C)N(c2ccccc2)S(C)(=O)=O)c1. The van der Waals surface area contributed by atoms with Crippen molar-refractivity contribution in [3.05, 3.63) is 48.5 Å². The van der Waals surface area contributed by atoms with Crippen LogP contribution in [-0.4, -0.2) is 40.8 Å². The minimum absolute atomic E-state index is 0.394. The highest BCUT2D eigenvalue weighted by Gasteiger charge is 2.29. The van der Waals surface area contributed by atoms with E-state index in [9.17, 15) is 13.2 Å². The molecule has 26 heavy (non-hydrogen) atoms. The molecule has 8 heteroatoms. The number of hydrogen-bond donors (Lipinski definition) is 1. The van der Waals surface area contributed by atoms with Crippen molar-refractivity contribution < 1.29 is 22.7 Å². The van der Waals surface area contributed by atoms with Gasteiger partial charge in [-0.1, -0.05) is 18.2 Å². The summed E-state index contributed by atoms with van der Waals surface area (Å²) in [6.07, 6.45) is 1.07. The normalized spacial score (nSPS) is 12.2. The molecule has 0 aromatic heterocycles. The summed E-state index contributed by atoms with van der Waals surface area (Å²) in [5.74, 6) is 0.486. The highest BCUT2D eigenvalue weighted by molar-refractivity contribution is 7.92. The molecule has 1 N–H and O–H groups in total. The van der Waals surface area contributed by atoms with Gasteiger partial charge in [-0.05, 0) is 31.2 Å². The Morgan fingerprint density at radius 1 is 1.08 bits per heavy atom. The zero-order chi connectivity index (χ0) is 19.3. The van der Waals surface area contributed by atoms with Crippen molar-refractivity contribution >= 4 is 27.3 Å². The van der Waals surface area contributed by atoms with Gasteiger partial charge >= 0.3 is 0 Å². The fourth-order valence-corrected chi connectivity index (χ4v) is 3.71. The molecule has 0 unspecified atom stereocenters. The van der Waals surface area contributed by atoms with E-state index >= 15 is 0 Å². The fourth-order valence-electron chi connectivity index (χ4n) is 2.53. The Hall–Kier alpha value is -2.74. The molecule has 0 aliphatic heterocycles. The van der Waals surface area contributed by atoms with E-state index < -0.39 is 22.0 Å². The highest BCUT2D eigenvalue weighted by Crippen LogP contribution is 2.29. The number of carbonyl (C=O) groups excluding carboxylic acids is 1. The first-order chi connectivity index (χ1) is 12.3. The second kappa shape index (κ2) is 8.09. The van der Waals surface area contributed by atoms with Crippen LogP contribution in [0.5, 0.6) is 11.5 Å². The predicted octanol–water partition coefficient (Wildman–Crippen LogP) is 2.50. The molecule has 0 bridgehead atoms. The van der Waals surface area contributed by atoms with Gasteiger partial charge in [0.15, 0.2) is 0 Å². The minimum atomic E-state index is -3.67. The number of methoxy groups -OCH3 is 2. The summed E-state index contributed by atoms with van der Waals surface area (Å²) in [5.41, 5.74) is 0.806. The summed E-state index contributed by atoms with van der Waals surface area (Å²) < 4.78 is 36.0. The Bertz CT molecular complexity index is 868. The van der Waals surface area contributed by atoms with Crippen LogP contribution < -0.4 is 19.1 Å². The standard InChI is InChI=1S/C18H22N2O5S/c1-13(20(26(4,22)23)14-8-6-5-7-9-14)18(21)19-16-12-15(24-2)10-11-17(16)25-3/h5-13H,1-4H3,(H,19,21)/t13-/m1/s1. The van der Waals surface area contributed by atoms with Crippen LogP contribution >= 0.6 is 0 Å². The average Bonchev–Trinajstić information content (AvgIpc) is 2.61. The number of hydrogen-bond acceptors (Lipinski definition) is 5. The van der Waals surface area contributed by atoms with E-state index in [1.54, 1.807) is 48.5 Å². The molecule has 0 saturated carbocycles. The molecule has 7 nitrogen and oxygen atoms in total. The van der Waals surface area contributed by atoms with Gasteiger partial charge in [-0.15, -0.1) is 0 Å². The topological polar surface area (TPSA) is 84.9 Å². The molecule has 0 spiro atoms. The maximum atomic E-state index is 12.7. The van der Waals surface area contributed by atoms with Gasteiger partial charge < -0.3 is 14.8 Å². The zero-order valence-electron chi connectivity index (χ0n) is 15.1. The number of benzene rings is 2. The van der Waals surface area contributed by atoms with Crippen LogP contribution in [0.2, 0.25) is 0 Å². The lowest BCUT2D eigenvalue weighted by atomic mass is 10.2. The summed E-state index contributed by atoms with van der Waals surface area (Å²) in [5, 5.41) is 2.71. The second-order valence-electron chi connectivity index (χ2n) is 5.63. The van der Waals surface area contributed by atoms with Crippen LogP contribution in [0.1, 0.15) is 6.92 Å². The number of anilines is 2. The molecule has 0 aliphatic carbocycles. The molecule has 0 aliphatic rings. The predicted molar refractivity (Wildman–Crippen MR) is 101 cm³/mol. The zero-order valence-corrected chi connectivity index (χ0v) is 15.9. The van der Waals surface area contributed by atoms with Gasteiger partial charge in [0.1, 0.15) is 17.5 Å².